The molecular formula is C19H14ClF6NO3. The van der Waals surface area contributed by atoms with Crippen LogP contribution in [-0.2, 0) is 15.7 Å². The van der Waals surface area contributed by atoms with Crippen LogP contribution < -0.4 is 5.32 Å². The number of amides is 1. The lowest BCUT2D eigenvalue weighted by molar-refractivity contribution is -0.156. The first-order valence-corrected chi connectivity index (χ1v) is 8.62. The molecule has 0 aliphatic heterocycles. The summed E-state index contributed by atoms with van der Waals surface area (Å²) in [4.78, 5) is 23.8. The summed E-state index contributed by atoms with van der Waals surface area (Å²) in [6.07, 6.45) is -11.0. The zero-order valence-corrected chi connectivity index (χ0v) is 16.0. The molecule has 4 nitrogen and oxygen atoms in total. The van der Waals surface area contributed by atoms with Crippen LogP contribution in [0.15, 0.2) is 42.5 Å². The number of benzene rings is 2. The molecule has 2 aromatic rings. The van der Waals surface area contributed by atoms with Gasteiger partial charge in [-0.05, 0) is 29.8 Å². The summed E-state index contributed by atoms with van der Waals surface area (Å²) in [5.74, 6) is -4.41. The molecule has 2 rings (SSSR count). The predicted octanol–water partition coefficient (Wildman–Crippen LogP) is 5.82. The van der Waals surface area contributed by atoms with Gasteiger partial charge in [0.25, 0.3) is 0 Å². The summed E-state index contributed by atoms with van der Waals surface area (Å²) < 4.78 is 83.4. The SMILES string of the molecule is COC(=O)c1cc(NC(=O)CC(c2cccc(C(F)(F)F)c2)C(F)(F)F)ccc1Cl. The highest BCUT2D eigenvalue weighted by molar-refractivity contribution is 6.33. The fourth-order valence-electron chi connectivity index (χ4n) is 2.62. The Morgan fingerprint density at radius 3 is 2.30 bits per heavy atom. The molecule has 0 aromatic heterocycles. The summed E-state index contributed by atoms with van der Waals surface area (Å²) in [6, 6.07) is 6.31. The Morgan fingerprint density at radius 2 is 1.73 bits per heavy atom. The molecule has 30 heavy (non-hydrogen) atoms. The second kappa shape index (κ2) is 8.95. The lowest BCUT2D eigenvalue weighted by atomic mass is 9.93. The van der Waals surface area contributed by atoms with Crippen molar-refractivity contribution in [1.82, 2.24) is 0 Å². The van der Waals surface area contributed by atoms with Crippen molar-refractivity contribution in [3.63, 3.8) is 0 Å². The monoisotopic (exact) mass is 453 g/mol. The summed E-state index contributed by atoms with van der Waals surface area (Å²) in [5.41, 5.74) is -2.11. The molecule has 0 aliphatic carbocycles. The second-order valence-corrected chi connectivity index (χ2v) is 6.56. The van der Waals surface area contributed by atoms with Crippen molar-refractivity contribution in [2.24, 2.45) is 0 Å². The van der Waals surface area contributed by atoms with Gasteiger partial charge in [-0.1, -0.05) is 29.8 Å². The maximum Gasteiger partial charge on any atom is 0.416 e. The second-order valence-electron chi connectivity index (χ2n) is 6.16. The van der Waals surface area contributed by atoms with Crippen LogP contribution in [0.2, 0.25) is 5.02 Å². The molecule has 0 spiro atoms. The quantitative estimate of drug-likeness (QED) is 0.458. The first kappa shape index (κ1) is 23.5. The maximum absolute atomic E-state index is 13.5. The fourth-order valence-corrected chi connectivity index (χ4v) is 2.82. The van der Waals surface area contributed by atoms with Crippen molar-refractivity contribution in [3.05, 3.63) is 64.2 Å². The Morgan fingerprint density at radius 1 is 1.07 bits per heavy atom. The third-order valence-electron chi connectivity index (χ3n) is 4.06. The number of alkyl halides is 6. The molecule has 11 heteroatoms. The van der Waals surface area contributed by atoms with Crippen LogP contribution in [0.1, 0.15) is 33.8 Å². The van der Waals surface area contributed by atoms with Crippen molar-refractivity contribution in [3.8, 4) is 0 Å². The molecular weight excluding hydrogens is 440 g/mol. The van der Waals surface area contributed by atoms with Gasteiger partial charge in [-0.3, -0.25) is 4.79 Å². The Labute approximate surface area is 171 Å². The van der Waals surface area contributed by atoms with Crippen molar-refractivity contribution in [2.45, 2.75) is 24.7 Å². The van der Waals surface area contributed by atoms with Crippen molar-refractivity contribution in [1.29, 1.82) is 0 Å². The van der Waals surface area contributed by atoms with E-state index in [1.165, 1.54) is 12.1 Å². The van der Waals surface area contributed by atoms with E-state index in [1.807, 2.05) is 0 Å². The van der Waals surface area contributed by atoms with E-state index in [2.05, 4.69) is 10.1 Å². The summed E-state index contributed by atoms with van der Waals surface area (Å²) in [6.45, 7) is 0. The Balaban J connectivity index is 2.27. The highest BCUT2D eigenvalue weighted by Crippen LogP contribution is 2.40. The van der Waals surface area contributed by atoms with Crippen molar-refractivity contribution >= 4 is 29.2 Å². The number of rotatable bonds is 5. The number of ether oxygens (including phenoxy) is 1. The van der Waals surface area contributed by atoms with Crippen LogP contribution in [0.25, 0.3) is 0 Å². The number of nitrogens with one attached hydrogen (secondary N) is 1. The van der Waals surface area contributed by atoms with Gasteiger partial charge in [0.15, 0.2) is 0 Å². The lowest BCUT2D eigenvalue weighted by Gasteiger charge is -2.21. The highest BCUT2D eigenvalue weighted by atomic mass is 35.5. The smallest absolute Gasteiger partial charge is 0.416 e. The van der Waals surface area contributed by atoms with E-state index in [1.54, 1.807) is 0 Å². The first-order valence-electron chi connectivity index (χ1n) is 8.24. The van der Waals surface area contributed by atoms with E-state index < -0.39 is 47.7 Å². The average Bonchev–Trinajstić information content (AvgIpc) is 2.65. The molecule has 1 unspecified atom stereocenters. The van der Waals surface area contributed by atoms with Gasteiger partial charge in [0.1, 0.15) is 0 Å². The molecule has 0 saturated carbocycles. The third-order valence-corrected chi connectivity index (χ3v) is 4.39. The van der Waals surface area contributed by atoms with Crippen LogP contribution in [0.4, 0.5) is 32.0 Å². The van der Waals surface area contributed by atoms with E-state index in [9.17, 15) is 35.9 Å². The molecule has 0 bridgehead atoms. The van der Waals surface area contributed by atoms with Gasteiger partial charge in [0.05, 0.1) is 29.2 Å². The average molecular weight is 454 g/mol. The Kier molecular flexibility index (Phi) is 7.02. The molecule has 0 radical (unpaired) electrons. The molecule has 1 N–H and O–H groups in total. The fraction of sp³-hybridized carbons (Fsp3) is 0.263. The number of anilines is 1. The van der Waals surface area contributed by atoms with Crippen LogP contribution >= 0.6 is 11.6 Å². The summed E-state index contributed by atoms with van der Waals surface area (Å²) in [7, 11) is 1.09. The van der Waals surface area contributed by atoms with E-state index in [-0.39, 0.29) is 16.3 Å². The molecule has 1 atom stereocenters. The number of carbonyl (C=O) groups excluding carboxylic acids is 2. The number of hydrogen-bond donors (Lipinski definition) is 1. The minimum absolute atomic E-state index is 0.00279. The van der Waals surface area contributed by atoms with Crippen LogP contribution in [0.5, 0.6) is 0 Å². The molecule has 162 valence electrons. The standard InChI is InChI=1S/C19H14ClF6NO3/c1-30-17(29)13-8-12(5-6-15(13)20)27-16(28)9-14(19(24,25)26)10-3-2-4-11(7-10)18(21,22)23/h2-8,14H,9H2,1H3,(H,27,28). The molecule has 2 aromatic carbocycles. The van der Waals surface area contributed by atoms with Gasteiger partial charge in [-0.2, -0.15) is 26.3 Å². The highest BCUT2D eigenvalue weighted by Gasteiger charge is 2.43. The van der Waals surface area contributed by atoms with Gasteiger partial charge in [-0.15, -0.1) is 0 Å². The van der Waals surface area contributed by atoms with Gasteiger partial charge >= 0.3 is 18.3 Å². The molecule has 1 amide bonds. The van der Waals surface area contributed by atoms with E-state index >= 15 is 0 Å². The van der Waals surface area contributed by atoms with E-state index in [0.717, 1.165) is 25.3 Å². The predicted molar refractivity (Wildman–Crippen MR) is 96.3 cm³/mol. The number of esters is 1. The molecule has 0 aliphatic rings. The number of hydrogen-bond acceptors (Lipinski definition) is 3. The number of carbonyl (C=O) groups is 2. The van der Waals surface area contributed by atoms with Crippen LogP contribution in [-0.4, -0.2) is 25.2 Å². The zero-order chi connectivity index (χ0) is 22.7. The zero-order valence-electron chi connectivity index (χ0n) is 15.2. The van der Waals surface area contributed by atoms with Crippen molar-refractivity contribution in [2.75, 3.05) is 12.4 Å². The summed E-state index contributed by atoms with van der Waals surface area (Å²) >= 11 is 5.83. The number of methoxy groups -OCH3 is 1. The lowest BCUT2D eigenvalue weighted by Crippen LogP contribution is -2.26. The van der Waals surface area contributed by atoms with Crippen LogP contribution in [0, 0.1) is 0 Å². The van der Waals surface area contributed by atoms with Gasteiger partial charge in [0.2, 0.25) is 5.91 Å². The third kappa shape index (κ3) is 5.88. The number of halogens is 7. The minimum Gasteiger partial charge on any atom is -0.465 e. The van der Waals surface area contributed by atoms with Crippen molar-refractivity contribution < 1.29 is 40.7 Å². The largest absolute Gasteiger partial charge is 0.465 e. The minimum atomic E-state index is -4.97. The molecule has 0 fully saturated rings. The summed E-state index contributed by atoms with van der Waals surface area (Å²) in [5, 5.41) is 2.18. The van der Waals surface area contributed by atoms with E-state index in [4.69, 9.17) is 11.6 Å². The van der Waals surface area contributed by atoms with Gasteiger partial charge < -0.3 is 10.1 Å². The van der Waals surface area contributed by atoms with Gasteiger partial charge in [-0.25, -0.2) is 4.79 Å². The first-order chi connectivity index (χ1) is 13.8. The molecule has 0 saturated heterocycles. The topological polar surface area (TPSA) is 55.4 Å². The van der Waals surface area contributed by atoms with E-state index in [0.29, 0.717) is 12.1 Å². The maximum atomic E-state index is 13.5. The Hall–Kier alpha value is -2.75. The van der Waals surface area contributed by atoms with Crippen LogP contribution in [0.3, 0.4) is 0 Å². The Bertz CT molecular complexity index is 943. The molecule has 0 heterocycles. The van der Waals surface area contributed by atoms with Gasteiger partial charge in [0, 0.05) is 12.1 Å². The normalized spacial score (nSPS) is 12.9.